The molecule has 0 aliphatic carbocycles. The summed E-state index contributed by atoms with van der Waals surface area (Å²) in [7, 11) is 1.19. The standard InChI is InChI=1S/C19H16F3N7O3/c1-9-6-12(10(2)29(9)17-23-8-24-26-17)13(30)7-28-16(31)11-4-5-14(19(20,21)22)25-15(11)27(3)18(28)32/h4-6,8H,7H2,1-3H3,(H,23,24,26). The lowest BCUT2D eigenvalue weighted by atomic mass is 10.1. The molecule has 0 atom stereocenters. The summed E-state index contributed by atoms with van der Waals surface area (Å²) in [6.45, 7) is 2.83. The first-order valence-corrected chi connectivity index (χ1v) is 9.26. The number of fused-ring (bicyclic) bond motifs is 1. The quantitative estimate of drug-likeness (QED) is 0.474. The zero-order valence-corrected chi connectivity index (χ0v) is 17.1. The number of aromatic amines is 1. The number of hydrogen-bond acceptors (Lipinski definition) is 6. The molecular formula is C19H16F3N7O3. The summed E-state index contributed by atoms with van der Waals surface area (Å²) in [5.74, 6) is -0.133. The topological polar surface area (TPSA) is 120 Å². The average molecular weight is 447 g/mol. The van der Waals surface area contributed by atoms with Crippen molar-refractivity contribution in [2.75, 3.05) is 0 Å². The Morgan fingerprint density at radius 2 is 1.91 bits per heavy atom. The number of Topliss-reactive ketones (excluding diaryl/α,β-unsaturated/α-hetero) is 1. The van der Waals surface area contributed by atoms with Crippen LogP contribution < -0.4 is 11.2 Å². The number of nitrogens with one attached hydrogen (secondary N) is 1. The number of pyridine rings is 1. The van der Waals surface area contributed by atoms with Crippen molar-refractivity contribution in [2.24, 2.45) is 7.05 Å². The first-order chi connectivity index (χ1) is 15.0. The Morgan fingerprint density at radius 1 is 1.19 bits per heavy atom. The van der Waals surface area contributed by atoms with Gasteiger partial charge in [-0.3, -0.25) is 23.3 Å². The molecule has 4 heterocycles. The molecule has 0 aliphatic heterocycles. The number of ketones is 1. The smallest absolute Gasteiger partial charge is 0.292 e. The zero-order valence-electron chi connectivity index (χ0n) is 17.1. The van der Waals surface area contributed by atoms with Crippen LogP contribution in [0, 0.1) is 13.8 Å². The maximum atomic E-state index is 13.0. The van der Waals surface area contributed by atoms with Crippen LogP contribution in [-0.4, -0.2) is 39.6 Å². The number of aryl methyl sites for hydroxylation is 2. The van der Waals surface area contributed by atoms with Crippen LogP contribution in [0.25, 0.3) is 17.0 Å². The fourth-order valence-corrected chi connectivity index (χ4v) is 3.58. The lowest BCUT2D eigenvalue weighted by molar-refractivity contribution is -0.141. The van der Waals surface area contributed by atoms with Crippen molar-refractivity contribution in [1.82, 2.24) is 33.9 Å². The zero-order chi connectivity index (χ0) is 23.4. The van der Waals surface area contributed by atoms with Crippen LogP contribution in [0.4, 0.5) is 13.2 Å². The Kier molecular flexibility index (Phi) is 4.83. The van der Waals surface area contributed by atoms with E-state index in [1.54, 1.807) is 24.5 Å². The number of hydrogen-bond donors (Lipinski definition) is 1. The number of carbonyl (C=O) groups is 1. The number of aromatic nitrogens is 7. The van der Waals surface area contributed by atoms with Gasteiger partial charge in [-0.2, -0.15) is 23.3 Å². The van der Waals surface area contributed by atoms with E-state index in [1.165, 1.54) is 13.4 Å². The van der Waals surface area contributed by atoms with Gasteiger partial charge in [0, 0.05) is 24.0 Å². The number of halogens is 3. The van der Waals surface area contributed by atoms with Gasteiger partial charge in [-0.05, 0) is 32.0 Å². The van der Waals surface area contributed by atoms with Gasteiger partial charge in [-0.15, -0.1) is 0 Å². The molecule has 0 saturated carbocycles. The molecule has 166 valence electrons. The highest BCUT2D eigenvalue weighted by molar-refractivity contribution is 5.97. The Balaban J connectivity index is 1.79. The van der Waals surface area contributed by atoms with E-state index < -0.39 is 41.1 Å². The van der Waals surface area contributed by atoms with Crippen molar-refractivity contribution in [3.05, 3.63) is 68.0 Å². The highest BCUT2D eigenvalue weighted by atomic mass is 19.4. The van der Waals surface area contributed by atoms with Gasteiger partial charge in [0.1, 0.15) is 17.7 Å². The molecule has 0 aliphatic rings. The molecule has 0 fully saturated rings. The van der Waals surface area contributed by atoms with Crippen LogP contribution in [-0.2, 0) is 19.8 Å². The molecular weight excluding hydrogens is 431 g/mol. The molecule has 0 unspecified atom stereocenters. The predicted molar refractivity (Wildman–Crippen MR) is 106 cm³/mol. The molecule has 10 nitrogen and oxygen atoms in total. The van der Waals surface area contributed by atoms with Crippen LogP contribution in [0.3, 0.4) is 0 Å². The summed E-state index contributed by atoms with van der Waals surface area (Å²) >= 11 is 0. The van der Waals surface area contributed by atoms with Gasteiger partial charge < -0.3 is 0 Å². The number of nitrogens with zero attached hydrogens (tertiary/aromatic N) is 6. The van der Waals surface area contributed by atoms with Gasteiger partial charge in [-0.1, -0.05) is 0 Å². The van der Waals surface area contributed by atoms with Crippen molar-refractivity contribution in [3.8, 4) is 5.95 Å². The number of H-pyrrole nitrogens is 1. The number of carbonyl (C=O) groups excluding carboxylic acids is 1. The third-order valence-corrected chi connectivity index (χ3v) is 5.12. The Labute approximate surface area is 177 Å². The molecule has 4 rings (SSSR count). The Hall–Kier alpha value is -4.03. The van der Waals surface area contributed by atoms with Crippen LogP contribution in [0.15, 0.2) is 34.1 Å². The van der Waals surface area contributed by atoms with Gasteiger partial charge in [-0.25, -0.2) is 14.9 Å². The minimum absolute atomic E-state index is 0.208. The molecule has 0 amide bonds. The van der Waals surface area contributed by atoms with E-state index in [9.17, 15) is 27.6 Å². The summed E-state index contributed by atoms with van der Waals surface area (Å²) in [6.07, 6.45) is -3.42. The molecule has 0 bridgehead atoms. The minimum Gasteiger partial charge on any atom is -0.292 e. The van der Waals surface area contributed by atoms with Crippen LogP contribution in [0.1, 0.15) is 27.4 Å². The molecule has 0 spiro atoms. The van der Waals surface area contributed by atoms with Crippen molar-refractivity contribution < 1.29 is 18.0 Å². The van der Waals surface area contributed by atoms with Gasteiger partial charge in [0.2, 0.25) is 5.95 Å². The summed E-state index contributed by atoms with van der Waals surface area (Å²) in [4.78, 5) is 46.0. The lowest BCUT2D eigenvalue weighted by Crippen LogP contribution is -2.41. The summed E-state index contributed by atoms with van der Waals surface area (Å²) < 4.78 is 42.1. The van der Waals surface area contributed by atoms with Crippen LogP contribution >= 0.6 is 0 Å². The lowest BCUT2D eigenvalue weighted by Gasteiger charge is -2.12. The van der Waals surface area contributed by atoms with E-state index in [4.69, 9.17) is 0 Å². The highest BCUT2D eigenvalue weighted by Gasteiger charge is 2.33. The van der Waals surface area contributed by atoms with Gasteiger partial charge in [0.15, 0.2) is 5.78 Å². The maximum absolute atomic E-state index is 13.0. The summed E-state index contributed by atoms with van der Waals surface area (Å²) in [5, 5.41) is 6.26. The molecule has 13 heteroatoms. The average Bonchev–Trinajstić information content (AvgIpc) is 3.35. The van der Waals surface area contributed by atoms with Crippen LogP contribution in [0.5, 0.6) is 0 Å². The van der Waals surface area contributed by atoms with E-state index in [1.807, 2.05) is 0 Å². The molecule has 0 aromatic carbocycles. The van der Waals surface area contributed by atoms with E-state index in [2.05, 4.69) is 20.2 Å². The van der Waals surface area contributed by atoms with Crippen LogP contribution in [0.2, 0.25) is 0 Å². The Morgan fingerprint density at radius 3 is 2.53 bits per heavy atom. The van der Waals surface area contributed by atoms with E-state index in [-0.39, 0.29) is 10.9 Å². The first-order valence-electron chi connectivity index (χ1n) is 9.26. The van der Waals surface area contributed by atoms with Crippen molar-refractivity contribution in [1.29, 1.82) is 0 Å². The van der Waals surface area contributed by atoms with Gasteiger partial charge >= 0.3 is 11.9 Å². The summed E-state index contributed by atoms with van der Waals surface area (Å²) in [5.41, 5.74) is -2.04. The Bertz CT molecular complexity index is 1480. The summed E-state index contributed by atoms with van der Waals surface area (Å²) in [6, 6.07) is 3.20. The molecule has 0 saturated heterocycles. The maximum Gasteiger partial charge on any atom is 0.433 e. The molecule has 4 aromatic rings. The van der Waals surface area contributed by atoms with Crippen molar-refractivity contribution in [3.63, 3.8) is 0 Å². The molecule has 4 aromatic heterocycles. The third-order valence-electron chi connectivity index (χ3n) is 5.12. The second kappa shape index (κ2) is 7.28. The predicted octanol–water partition coefficient (Wildman–Crippen LogP) is 1.52. The van der Waals surface area contributed by atoms with E-state index in [0.29, 0.717) is 28.0 Å². The highest BCUT2D eigenvalue weighted by Crippen LogP contribution is 2.28. The van der Waals surface area contributed by atoms with Gasteiger partial charge in [0.25, 0.3) is 5.56 Å². The fourth-order valence-electron chi connectivity index (χ4n) is 3.58. The fraction of sp³-hybridized carbons (Fsp3) is 0.263. The second-order valence-corrected chi connectivity index (χ2v) is 7.15. The first kappa shape index (κ1) is 21.2. The monoisotopic (exact) mass is 447 g/mol. The third kappa shape index (κ3) is 3.31. The van der Waals surface area contributed by atoms with Crippen molar-refractivity contribution in [2.45, 2.75) is 26.6 Å². The largest absolute Gasteiger partial charge is 0.433 e. The normalized spacial score (nSPS) is 11.9. The minimum atomic E-state index is -4.73. The molecule has 0 radical (unpaired) electrons. The molecule has 1 N–H and O–H groups in total. The van der Waals surface area contributed by atoms with E-state index >= 15 is 0 Å². The number of rotatable bonds is 4. The number of alkyl halides is 3. The second-order valence-electron chi connectivity index (χ2n) is 7.15. The van der Waals surface area contributed by atoms with E-state index in [0.717, 1.165) is 10.6 Å². The molecule has 32 heavy (non-hydrogen) atoms. The van der Waals surface area contributed by atoms with Crippen molar-refractivity contribution >= 4 is 16.8 Å². The van der Waals surface area contributed by atoms with Gasteiger partial charge in [0.05, 0.1) is 11.9 Å². The SMILES string of the molecule is Cc1cc(C(=O)Cn2c(=O)c3ccc(C(F)(F)F)nc3n(C)c2=O)c(C)n1-c1ncn[nH]1.